The molecule has 0 fully saturated rings. The van der Waals surface area contributed by atoms with Gasteiger partial charge in [0.2, 0.25) is 0 Å². The zero-order valence-corrected chi connectivity index (χ0v) is 19.2. The van der Waals surface area contributed by atoms with Gasteiger partial charge in [-0.3, -0.25) is 14.4 Å². The summed E-state index contributed by atoms with van der Waals surface area (Å²) in [6.45, 7) is 5.93. The Morgan fingerprint density at radius 2 is 1.20 bits per heavy atom. The molecule has 0 saturated heterocycles. The molecule has 0 spiro atoms. The second-order valence-corrected chi connectivity index (χ2v) is 7.71. The molecule has 0 saturated carbocycles. The maximum absolute atomic E-state index is 12.5. The van der Waals surface area contributed by atoms with Crippen molar-refractivity contribution in [2.45, 2.75) is 91.4 Å². The minimum atomic E-state index is -0.959. The molecular formula is C23H42O7. The molecule has 30 heavy (non-hydrogen) atoms. The lowest BCUT2D eigenvalue weighted by Gasteiger charge is -2.21. The monoisotopic (exact) mass is 430 g/mol. The first-order valence-electron chi connectivity index (χ1n) is 11.6. The van der Waals surface area contributed by atoms with Crippen molar-refractivity contribution in [1.82, 2.24) is 0 Å². The fourth-order valence-corrected chi connectivity index (χ4v) is 3.02. The number of aliphatic hydroxyl groups excluding tert-OH is 1. The van der Waals surface area contributed by atoms with Gasteiger partial charge in [0.15, 0.2) is 0 Å². The molecule has 0 bridgehead atoms. The third-order valence-electron chi connectivity index (χ3n) is 5.00. The summed E-state index contributed by atoms with van der Waals surface area (Å²) in [5, 5.41) is 8.83. The predicted octanol–water partition coefficient (Wildman–Crippen LogP) is 4.19. The van der Waals surface area contributed by atoms with Gasteiger partial charge in [-0.25, -0.2) is 0 Å². The summed E-state index contributed by atoms with van der Waals surface area (Å²) in [6.07, 6.45) is 10.1. The number of esters is 3. The third kappa shape index (κ3) is 14.4. The maximum atomic E-state index is 12.5. The van der Waals surface area contributed by atoms with Gasteiger partial charge in [0.25, 0.3) is 0 Å². The van der Waals surface area contributed by atoms with Crippen LogP contribution in [0, 0.1) is 11.8 Å². The Morgan fingerprint density at radius 3 is 1.73 bits per heavy atom. The second-order valence-electron chi connectivity index (χ2n) is 7.71. The summed E-state index contributed by atoms with van der Waals surface area (Å²) in [4.78, 5) is 36.9. The highest BCUT2D eigenvalue weighted by Crippen LogP contribution is 2.21. The van der Waals surface area contributed by atoms with E-state index in [0.29, 0.717) is 6.61 Å². The van der Waals surface area contributed by atoms with Gasteiger partial charge in [0, 0.05) is 0 Å². The van der Waals surface area contributed by atoms with Crippen molar-refractivity contribution in [2.24, 2.45) is 11.8 Å². The van der Waals surface area contributed by atoms with E-state index in [-0.39, 0.29) is 26.2 Å². The normalized spacial score (nSPS) is 12.8. The first-order chi connectivity index (χ1) is 14.5. The quantitative estimate of drug-likeness (QED) is 0.186. The lowest BCUT2D eigenvalue weighted by atomic mass is 9.91. The molecule has 0 amide bonds. The number of unbranched alkanes of at least 4 members (excludes halogenated alkanes) is 8. The van der Waals surface area contributed by atoms with Crippen LogP contribution in [0.15, 0.2) is 0 Å². The summed E-state index contributed by atoms with van der Waals surface area (Å²) in [7, 11) is 0. The lowest BCUT2D eigenvalue weighted by Crippen LogP contribution is -2.33. The molecule has 0 heterocycles. The number of rotatable bonds is 19. The maximum Gasteiger partial charge on any atom is 0.310 e. The highest BCUT2D eigenvalue weighted by molar-refractivity contribution is 5.85. The zero-order valence-electron chi connectivity index (χ0n) is 19.2. The van der Waals surface area contributed by atoms with Gasteiger partial charge >= 0.3 is 17.9 Å². The Labute approximate surface area is 181 Å². The van der Waals surface area contributed by atoms with Crippen LogP contribution in [-0.2, 0) is 28.6 Å². The first-order valence-corrected chi connectivity index (χ1v) is 11.6. The molecule has 0 aromatic rings. The number of hydrogen-bond donors (Lipinski definition) is 1. The van der Waals surface area contributed by atoms with Crippen LogP contribution in [-0.4, -0.2) is 49.4 Å². The first kappa shape index (κ1) is 28.4. The van der Waals surface area contributed by atoms with Gasteiger partial charge in [-0.15, -0.1) is 0 Å². The largest absolute Gasteiger partial charge is 0.466 e. The molecule has 0 aromatic carbocycles. The number of carbonyl (C=O) groups is 3. The van der Waals surface area contributed by atoms with E-state index in [1.54, 1.807) is 0 Å². The van der Waals surface area contributed by atoms with Gasteiger partial charge < -0.3 is 19.3 Å². The summed E-state index contributed by atoms with van der Waals surface area (Å²) < 4.78 is 15.5. The molecule has 0 rings (SSSR count). The second kappa shape index (κ2) is 19.3. The van der Waals surface area contributed by atoms with Crippen LogP contribution >= 0.6 is 0 Å². The molecule has 2 unspecified atom stereocenters. The third-order valence-corrected chi connectivity index (χ3v) is 5.00. The van der Waals surface area contributed by atoms with Crippen molar-refractivity contribution in [2.75, 3.05) is 26.4 Å². The minimum absolute atomic E-state index is 0.148. The van der Waals surface area contributed by atoms with Crippen LogP contribution in [0.3, 0.4) is 0 Å². The van der Waals surface area contributed by atoms with E-state index in [1.807, 2.05) is 0 Å². The van der Waals surface area contributed by atoms with Crippen molar-refractivity contribution in [3.8, 4) is 0 Å². The standard InChI is InChI=1S/C23H42O7/c1-4-6-8-10-12-15-28-21(25)18-20(19(3)22(26)30-17-14-24)23(27)29-16-13-11-9-7-5-2/h19-20,24H,4-18H2,1-3H3. The van der Waals surface area contributed by atoms with Gasteiger partial charge in [-0.2, -0.15) is 0 Å². The van der Waals surface area contributed by atoms with Crippen molar-refractivity contribution in [1.29, 1.82) is 0 Å². The Hall–Kier alpha value is -1.63. The van der Waals surface area contributed by atoms with Gasteiger partial charge in [0.1, 0.15) is 6.61 Å². The minimum Gasteiger partial charge on any atom is -0.466 e. The summed E-state index contributed by atoms with van der Waals surface area (Å²) in [6, 6.07) is 0. The smallest absolute Gasteiger partial charge is 0.310 e. The number of hydrogen-bond acceptors (Lipinski definition) is 7. The molecule has 176 valence electrons. The lowest BCUT2D eigenvalue weighted by molar-refractivity contribution is -0.164. The molecular weight excluding hydrogens is 388 g/mol. The topological polar surface area (TPSA) is 99.1 Å². The Morgan fingerprint density at radius 1 is 0.700 bits per heavy atom. The summed E-state index contributed by atoms with van der Waals surface area (Å²) in [5.41, 5.74) is 0. The number of aliphatic hydroxyl groups is 1. The van der Waals surface area contributed by atoms with Crippen molar-refractivity contribution < 1.29 is 33.7 Å². The van der Waals surface area contributed by atoms with Crippen LogP contribution < -0.4 is 0 Å². The Bertz CT molecular complexity index is 464. The van der Waals surface area contributed by atoms with E-state index in [9.17, 15) is 14.4 Å². The highest BCUT2D eigenvalue weighted by atomic mass is 16.5. The SMILES string of the molecule is CCCCCCCOC(=O)CC(C(=O)OCCCCCCC)C(C)C(=O)OCCO. The molecule has 0 aliphatic rings. The molecule has 0 aliphatic carbocycles. The van der Waals surface area contributed by atoms with Crippen LogP contribution in [0.4, 0.5) is 0 Å². The molecule has 2 atom stereocenters. The van der Waals surface area contributed by atoms with Crippen molar-refractivity contribution in [3.05, 3.63) is 0 Å². The number of carbonyl (C=O) groups excluding carboxylic acids is 3. The van der Waals surface area contributed by atoms with E-state index in [1.165, 1.54) is 6.92 Å². The zero-order chi connectivity index (χ0) is 22.6. The number of ether oxygens (including phenoxy) is 3. The van der Waals surface area contributed by atoms with E-state index in [0.717, 1.165) is 64.2 Å². The van der Waals surface area contributed by atoms with Crippen LogP contribution in [0.1, 0.15) is 91.4 Å². The van der Waals surface area contributed by atoms with Crippen LogP contribution in [0.2, 0.25) is 0 Å². The summed E-state index contributed by atoms with van der Waals surface area (Å²) in [5.74, 6) is -3.56. The Balaban J connectivity index is 4.60. The fourth-order valence-electron chi connectivity index (χ4n) is 3.02. The van der Waals surface area contributed by atoms with E-state index in [4.69, 9.17) is 19.3 Å². The average Bonchev–Trinajstić information content (AvgIpc) is 2.74. The molecule has 1 N–H and O–H groups in total. The molecule has 0 aliphatic heterocycles. The van der Waals surface area contributed by atoms with Crippen LogP contribution in [0.25, 0.3) is 0 Å². The summed E-state index contributed by atoms with van der Waals surface area (Å²) >= 11 is 0. The molecule has 7 heteroatoms. The van der Waals surface area contributed by atoms with E-state index < -0.39 is 29.7 Å². The van der Waals surface area contributed by atoms with E-state index in [2.05, 4.69) is 13.8 Å². The molecule has 0 aromatic heterocycles. The highest BCUT2D eigenvalue weighted by Gasteiger charge is 2.35. The predicted molar refractivity (Wildman–Crippen MR) is 115 cm³/mol. The van der Waals surface area contributed by atoms with Gasteiger partial charge in [-0.05, 0) is 12.8 Å². The van der Waals surface area contributed by atoms with Crippen LogP contribution in [0.5, 0.6) is 0 Å². The van der Waals surface area contributed by atoms with Crippen molar-refractivity contribution in [3.63, 3.8) is 0 Å². The fraction of sp³-hybridized carbons (Fsp3) is 0.870. The van der Waals surface area contributed by atoms with E-state index >= 15 is 0 Å². The Kier molecular flexibility index (Phi) is 18.3. The molecule has 7 nitrogen and oxygen atoms in total. The molecule has 0 radical (unpaired) electrons. The van der Waals surface area contributed by atoms with Gasteiger partial charge in [-0.1, -0.05) is 72.1 Å². The average molecular weight is 431 g/mol. The van der Waals surface area contributed by atoms with Gasteiger partial charge in [0.05, 0.1) is 38.1 Å². The van der Waals surface area contributed by atoms with Crippen molar-refractivity contribution >= 4 is 17.9 Å².